The summed E-state index contributed by atoms with van der Waals surface area (Å²) < 4.78 is 54.4. The highest BCUT2D eigenvalue weighted by atomic mass is 19.4. The number of benzene rings is 2. The van der Waals surface area contributed by atoms with Gasteiger partial charge in [-0.15, -0.1) is 0 Å². The number of carbonyl (C=O) groups excluding carboxylic acids is 2. The SMILES string of the molecule is Cn1nc(-c2ccc(NC(=O)Nc3cc(C(F)(F)F)ccc3F)cc2)c2cnc(NCCCN3CCCC3=O)nc21. The molecule has 4 aromatic rings. The van der Waals surface area contributed by atoms with E-state index in [2.05, 4.69) is 31.0 Å². The molecule has 1 saturated heterocycles. The number of alkyl halides is 3. The quantitative estimate of drug-likeness (QED) is 0.197. The molecule has 0 spiro atoms. The predicted molar refractivity (Wildman–Crippen MR) is 145 cm³/mol. The first kappa shape index (κ1) is 27.8. The summed E-state index contributed by atoms with van der Waals surface area (Å²) in [5.41, 5.74) is 0.593. The number of hydrogen-bond donors (Lipinski definition) is 3. The summed E-state index contributed by atoms with van der Waals surface area (Å²) in [5.74, 6) is -0.352. The lowest BCUT2D eigenvalue weighted by Crippen LogP contribution is -2.27. The van der Waals surface area contributed by atoms with Crippen molar-refractivity contribution < 1.29 is 27.2 Å². The van der Waals surface area contributed by atoms with Crippen LogP contribution in [0.3, 0.4) is 0 Å². The highest BCUT2D eigenvalue weighted by Gasteiger charge is 2.31. The Morgan fingerprint density at radius 1 is 1.10 bits per heavy atom. The summed E-state index contributed by atoms with van der Waals surface area (Å²) in [6.45, 7) is 2.12. The molecule has 1 aliphatic rings. The van der Waals surface area contributed by atoms with Gasteiger partial charge in [-0.1, -0.05) is 12.1 Å². The summed E-state index contributed by atoms with van der Waals surface area (Å²) in [6, 6.07) is 7.44. The molecule has 41 heavy (non-hydrogen) atoms. The number of halogens is 4. The molecule has 0 saturated carbocycles. The molecule has 14 heteroatoms. The lowest BCUT2D eigenvalue weighted by Gasteiger charge is -2.15. The number of rotatable bonds is 8. The van der Waals surface area contributed by atoms with Crippen LogP contribution in [0.25, 0.3) is 22.3 Å². The first-order chi connectivity index (χ1) is 19.6. The van der Waals surface area contributed by atoms with E-state index in [1.165, 1.54) is 0 Å². The number of nitrogens with zero attached hydrogens (tertiary/aromatic N) is 5. The Kier molecular flexibility index (Phi) is 7.72. The zero-order valence-corrected chi connectivity index (χ0v) is 21.9. The van der Waals surface area contributed by atoms with Gasteiger partial charge in [0.2, 0.25) is 11.9 Å². The number of carbonyl (C=O) groups is 2. The molecule has 0 radical (unpaired) electrons. The standard InChI is InChI=1S/C27H26F4N8O2/c1-38-24-19(15-33-25(36-24)32-11-3-13-39-12-2-4-22(39)40)23(37-38)16-5-8-18(9-6-16)34-26(41)35-21-14-17(27(29,30)31)7-10-20(21)28/h5-10,14-15H,2-4,11-13H2,1H3,(H,32,33,36)(H2,34,35,41). The first-order valence-electron chi connectivity index (χ1n) is 12.8. The molecule has 2 aromatic heterocycles. The molecule has 214 valence electrons. The van der Waals surface area contributed by atoms with Crippen LogP contribution in [0.4, 0.5) is 39.7 Å². The maximum Gasteiger partial charge on any atom is 0.416 e. The molecule has 1 aliphatic heterocycles. The molecule has 10 nitrogen and oxygen atoms in total. The van der Waals surface area contributed by atoms with Crippen molar-refractivity contribution in [2.24, 2.45) is 7.05 Å². The number of anilines is 3. The van der Waals surface area contributed by atoms with Gasteiger partial charge in [-0.2, -0.15) is 23.3 Å². The van der Waals surface area contributed by atoms with E-state index in [0.717, 1.165) is 19.4 Å². The molecule has 2 aromatic carbocycles. The van der Waals surface area contributed by atoms with Gasteiger partial charge < -0.3 is 20.9 Å². The molecule has 1 fully saturated rings. The van der Waals surface area contributed by atoms with Crippen molar-refractivity contribution in [1.82, 2.24) is 24.6 Å². The number of aromatic nitrogens is 4. The molecule has 5 rings (SSSR count). The Balaban J connectivity index is 1.22. The van der Waals surface area contributed by atoms with Crippen molar-refractivity contribution in [2.45, 2.75) is 25.4 Å². The third-order valence-corrected chi connectivity index (χ3v) is 6.60. The van der Waals surface area contributed by atoms with Gasteiger partial charge >= 0.3 is 12.2 Å². The molecule has 3 heterocycles. The Morgan fingerprint density at radius 3 is 2.59 bits per heavy atom. The summed E-state index contributed by atoms with van der Waals surface area (Å²) >= 11 is 0. The van der Waals surface area contributed by atoms with E-state index in [9.17, 15) is 27.2 Å². The largest absolute Gasteiger partial charge is 0.416 e. The van der Waals surface area contributed by atoms with Gasteiger partial charge in [0.05, 0.1) is 16.6 Å². The van der Waals surface area contributed by atoms with Gasteiger partial charge in [-0.3, -0.25) is 4.79 Å². The van der Waals surface area contributed by atoms with Gasteiger partial charge in [0.1, 0.15) is 11.5 Å². The highest BCUT2D eigenvalue weighted by Crippen LogP contribution is 2.32. The van der Waals surface area contributed by atoms with Crippen molar-refractivity contribution in [3.63, 3.8) is 0 Å². The maximum atomic E-state index is 14.0. The van der Waals surface area contributed by atoms with Gasteiger partial charge in [0, 0.05) is 50.6 Å². The highest BCUT2D eigenvalue weighted by molar-refractivity contribution is 6.00. The first-order valence-corrected chi connectivity index (χ1v) is 12.8. The predicted octanol–water partition coefficient (Wildman–Crippen LogP) is 5.26. The summed E-state index contributed by atoms with van der Waals surface area (Å²) in [5, 5.41) is 13.0. The van der Waals surface area contributed by atoms with E-state index >= 15 is 0 Å². The van der Waals surface area contributed by atoms with Crippen LogP contribution in [-0.2, 0) is 18.0 Å². The van der Waals surface area contributed by atoms with Crippen molar-refractivity contribution >= 4 is 40.3 Å². The van der Waals surface area contributed by atoms with Crippen molar-refractivity contribution in [2.75, 3.05) is 35.6 Å². The Hall–Kier alpha value is -4.75. The fourth-order valence-corrected chi connectivity index (χ4v) is 4.54. The molecule has 0 bridgehead atoms. The lowest BCUT2D eigenvalue weighted by atomic mass is 10.1. The van der Waals surface area contributed by atoms with E-state index in [1.54, 1.807) is 42.2 Å². The van der Waals surface area contributed by atoms with Crippen LogP contribution >= 0.6 is 0 Å². The summed E-state index contributed by atoms with van der Waals surface area (Å²) in [7, 11) is 1.76. The minimum Gasteiger partial charge on any atom is -0.354 e. The third kappa shape index (κ3) is 6.36. The van der Waals surface area contributed by atoms with Gasteiger partial charge in [0.25, 0.3) is 0 Å². The van der Waals surface area contributed by atoms with Crippen LogP contribution in [0.1, 0.15) is 24.8 Å². The van der Waals surface area contributed by atoms with E-state index in [0.29, 0.717) is 71.6 Å². The smallest absolute Gasteiger partial charge is 0.354 e. The van der Waals surface area contributed by atoms with Crippen molar-refractivity contribution in [3.05, 3.63) is 60.0 Å². The van der Waals surface area contributed by atoms with Crippen molar-refractivity contribution in [3.8, 4) is 11.3 Å². The summed E-state index contributed by atoms with van der Waals surface area (Å²) in [6.07, 6.45) is -0.703. The van der Waals surface area contributed by atoms with Crippen LogP contribution in [0, 0.1) is 5.82 Å². The Morgan fingerprint density at radius 2 is 1.88 bits per heavy atom. The zero-order chi connectivity index (χ0) is 29.1. The lowest BCUT2D eigenvalue weighted by molar-refractivity contribution is -0.137. The minimum atomic E-state index is -4.68. The molecule has 0 aliphatic carbocycles. The number of likely N-dealkylation sites (tertiary alicyclic amines) is 1. The second-order valence-electron chi connectivity index (χ2n) is 9.52. The molecule has 0 atom stereocenters. The molecule has 3 N–H and O–H groups in total. The molecule has 3 amide bonds. The van der Waals surface area contributed by atoms with Crippen LogP contribution in [0.15, 0.2) is 48.7 Å². The third-order valence-electron chi connectivity index (χ3n) is 6.60. The Bertz CT molecular complexity index is 1590. The average molecular weight is 571 g/mol. The minimum absolute atomic E-state index is 0.197. The number of amides is 3. The van der Waals surface area contributed by atoms with Crippen molar-refractivity contribution in [1.29, 1.82) is 0 Å². The van der Waals surface area contributed by atoms with E-state index in [1.807, 2.05) is 4.90 Å². The fourth-order valence-electron chi connectivity index (χ4n) is 4.54. The average Bonchev–Trinajstić information content (AvgIpc) is 3.49. The van der Waals surface area contributed by atoms with Crippen LogP contribution in [0.2, 0.25) is 0 Å². The topological polar surface area (TPSA) is 117 Å². The molecular formula is C27H26F4N8O2. The van der Waals surface area contributed by atoms with Crippen LogP contribution < -0.4 is 16.0 Å². The van der Waals surface area contributed by atoms with Gasteiger partial charge in [0.15, 0.2) is 5.65 Å². The number of urea groups is 1. The zero-order valence-electron chi connectivity index (χ0n) is 21.9. The number of nitrogens with one attached hydrogen (secondary N) is 3. The second kappa shape index (κ2) is 11.4. The van der Waals surface area contributed by atoms with Gasteiger partial charge in [-0.25, -0.2) is 18.9 Å². The van der Waals surface area contributed by atoms with E-state index in [-0.39, 0.29) is 5.91 Å². The van der Waals surface area contributed by atoms with E-state index in [4.69, 9.17) is 0 Å². The maximum absolute atomic E-state index is 14.0. The van der Waals surface area contributed by atoms with E-state index < -0.39 is 29.3 Å². The Labute approximate surface area is 231 Å². The number of fused-ring (bicyclic) bond motifs is 1. The second-order valence-corrected chi connectivity index (χ2v) is 9.52. The monoisotopic (exact) mass is 570 g/mol. The van der Waals surface area contributed by atoms with Crippen LogP contribution in [-0.4, -0.2) is 56.2 Å². The number of hydrogen-bond acceptors (Lipinski definition) is 6. The van der Waals surface area contributed by atoms with Gasteiger partial charge in [-0.05, 0) is 43.2 Å². The molecule has 0 unspecified atom stereocenters. The molecular weight excluding hydrogens is 544 g/mol. The normalized spacial score (nSPS) is 13.6. The van der Waals surface area contributed by atoms with Crippen LogP contribution in [0.5, 0.6) is 0 Å². The number of aryl methyl sites for hydroxylation is 1. The fraction of sp³-hybridized carbons (Fsp3) is 0.296. The summed E-state index contributed by atoms with van der Waals surface area (Å²) in [4.78, 5) is 34.9.